The van der Waals surface area contributed by atoms with Crippen molar-refractivity contribution in [1.82, 2.24) is 5.32 Å². The summed E-state index contributed by atoms with van der Waals surface area (Å²) in [6.45, 7) is 3.58. The second kappa shape index (κ2) is 10.6. The van der Waals surface area contributed by atoms with E-state index in [1.165, 1.54) is 10.5 Å². The highest BCUT2D eigenvalue weighted by molar-refractivity contribution is 5.98. The van der Waals surface area contributed by atoms with Gasteiger partial charge in [0, 0.05) is 12.6 Å². The van der Waals surface area contributed by atoms with E-state index in [-0.39, 0.29) is 37.4 Å². The molecule has 0 fully saturated rings. The number of para-hydroxylation sites is 2. The van der Waals surface area contributed by atoms with Crippen molar-refractivity contribution < 1.29 is 23.9 Å². The Morgan fingerprint density at radius 2 is 1.81 bits per heavy atom. The second-order valence-corrected chi connectivity index (χ2v) is 7.62. The van der Waals surface area contributed by atoms with Crippen LogP contribution in [0.15, 0.2) is 54.6 Å². The van der Waals surface area contributed by atoms with Crippen LogP contribution in [0, 0.1) is 0 Å². The third-order valence-corrected chi connectivity index (χ3v) is 5.12. The summed E-state index contributed by atoms with van der Waals surface area (Å²) in [5.74, 6) is -0.477. The van der Waals surface area contributed by atoms with Crippen molar-refractivity contribution in [2.45, 2.75) is 45.3 Å². The van der Waals surface area contributed by atoms with E-state index in [9.17, 15) is 14.4 Å². The molecule has 0 bridgehead atoms. The van der Waals surface area contributed by atoms with Crippen molar-refractivity contribution in [3.05, 3.63) is 60.2 Å². The Kier molecular flexibility index (Phi) is 7.65. The number of benzene rings is 2. The number of hydrogen-bond donors (Lipinski definition) is 1. The number of nitrogens with zero attached hydrogens (tertiary/aromatic N) is 1. The summed E-state index contributed by atoms with van der Waals surface area (Å²) in [5, 5.41) is 2.88. The predicted octanol–water partition coefficient (Wildman–Crippen LogP) is 2.87. The zero-order valence-corrected chi connectivity index (χ0v) is 17.9. The number of carbonyl (C=O) groups excluding carboxylic acids is 3. The monoisotopic (exact) mass is 424 g/mol. The van der Waals surface area contributed by atoms with Gasteiger partial charge in [-0.05, 0) is 44.4 Å². The number of anilines is 1. The molecule has 0 radical (unpaired) electrons. The standard InChI is InChI=1S/C24H28N2O5/c1-17(12-13-19-8-4-3-5-9-19)25-24(29)18(2)31-23(28)14-15-26-20-10-6-7-11-21(20)30-16-22(26)27/h3-11,17-18H,12-16H2,1-2H3,(H,25,29)/t17-,18+/m0/s1. The van der Waals surface area contributed by atoms with Gasteiger partial charge in [0.05, 0.1) is 12.1 Å². The number of nitrogens with one attached hydrogen (secondary N) is 1. The molecule has 2 aromatic carbocycles. The Morgan fingerprint density at radius 3 is 2.58 bits per heavy atom. The van der Waals surface area contributed by atoms with Crippen LogP contribution < -0.4 is 15.0 Å². The third kappa shape index (κ3) is 6.31. The van der Waals surface area contributed by atoms with Crippen LogP contribution in [0.1, 0.15) is 32.3 Å². The molecule has 31 heavy (non-hydrogen) atoms. The normalized spacial score (nSPS) is 14.8. The fourth-order valence-corrected chi connectivity index (χ4v) is 3.37. The molecule has 0 aliphatic carbocycles. The van der Waals surface area contributed by atoms with Crippen LogP contribution in [0.25, 0.3) is 0 Å². The number of hydrogen-bond acceptors (Lipinski definition) is 5. The maximum absolute atomic E-state index is 12.4. The van der Waals surface area contributed by atoms with Gasteiger partial charge in [0.25, 0.3) is 11.8 Å². The fraction of sp³-hybridized carbons (Fsp3) is 0.375. The van der Waals surface area contributed by atoms with Crippen molar-refractivity contribution in [3.63, 3.8) is 0 Å². The number of amides is 2. The maximum atomic E-state index is 12.4. The van der Waals surface area contributed by atoms with Crippen molar-refractivity contribution in [3.8, 4) is 5.75 Å². The van der Waals surface area contributed by atoms with Gasteiger partial charge in [-0.15, -0.1) is 0 Å². The van der Waals surface area contributed by atoms with Crippen LogP contribution in [0.5, 0.6) is 5.75 Å². The zero-order valence-electron chi connectivity index (χ0n) is 17.9. The Balaban J connectivity index is 1.42. The molecule has 7 heteroatoms. The fourth-order valence-electron chi connectivity index (χ4n) is 3.37. The SMILES string of the molecule is C[C@@H](CCc1ccccc1)NC(=O)[C@@H](C)OC(=O)CCN1C(=O)COc2ccccc21. The lowest BCUT2D eigenvalue weighted by Gasteiger charge is -2.29. The summed E-state index contributed by atoms with van der Waals surface area (Å²) < 4.78 is 10.7. The topological polar surface area (TPSA) is 84.9 Å². The smallest absolute Gasteiger partial charge is 0.308 e. The molecule has 7 nitrogen and oxygen atoms in total. The summed E-state index contributed by atoms with van der Waals surface area (Å²) in [4.78, 5) is 38.3. The Labute approximate surface area is 182 Å². The summed E-state index contributed by atoms with van der Waals surface area (Å²) in [5.41, 5.74) is 1.84. The van der Waals surface area contributed by atoms with Crippen LogP contribution >= 0.6 is 0 Å². The van der Waals surface area contributed by atoms with Crippen LogP contribution in [-0.2, 0) is 25.5 Å². The molecule has 0 spiro atoms. The van der Waals surface area contributed by atoms with Gasteiger partial charge < -0.3 is 19.7 Å². The number of rotatable bonds is 9. The largest absolute Gasteiger partial charge is 0.482 e. The minimum absolute atomic E-state index is 0.0126. The first kappa shape index (κ1) is 22.3. The van der Waals surface area contributed by atoms with E-state index in [2.05, 4.69) is 17.4 Å². The third-order valence-electron chi connectivity index (χ3n) is 5.12. The molecule has 2 atom stereocenters. The van der Waals surface area contributed by atoms with E-state index in [1.807, 2.05) is 31.2 Å². The van der Waals surface area contributed by atoms with Gasteiger partial charge in [-0.2, -0.15) is 0 Å². The minimum Gasteiger partial charge on any atom is -0.482 e. The average Bonchev–Trinajstić information content (AvgIpc) is 2.77. The Bertz CT molecular complexity index is 915. The Morgan fingerprint density at radius 1 is 1.10 bits per heavy atom. The van der Waals surface area contributed by atoms with Gasteiger partial charge in [0.1, 0.15) is 5.75 Å². The van der Waals surface area contributed by atoms with Gasteiger partial charge in [-0.25, -0.2) is 0 Å². The van der Waals surface area contributed by atoms with Crippen LogP contribution in [0.2, 0.25) is 0 Å². The quantitative estimate of drug-likeness (QED) is 0.626. The molecule has 0 unspecified atom stereocenters. The molecular formula is C24H28N2O5. The molecule has 2 aromatic rings. The lowest BCUT2D eigenvalue weighted by Crippen LogP contribution is -2.42. The van der Waals surface area contributed by atoms with Crippen molar-refractivity contribution in [1.29, 1.82) is 0 Å². The van der Waals surface area contributed by atoms with Crippen LogP contribution in [0.3, 0.4) is 0 Å². The highest BCUT2D eigenvalue weighted by Gasteiger charge is 2.26. The highest BCUT2D eigenvalue weighted by atomic mass is 16.5. The molecule has 2 amide bonds. The summed E-state index contributed by atoms with van der Waals surface area (Å²) >= 11 is 0. The first-order chi connectivity index (χ1) is 14.9. The van der Waals surface area contributed by atoms with Gasteiger partial charge in [0.2, 0.25) is 0 Å². The lowest BCUT2D eigenvalue weighted by molar-refractivity contribution is -0.154. The summed E-state index contributed by atoms with van der Waals surface area (Å²) in [7, 11) is 0. The molecule has 1 heterocycles. The number of esters is 1. The van der Waals surface area contributed by atoms with Crippen molar-refractivity contribution >= 4 is 23.5 Å². The highest BCUT2D eigenvalue weighted by Crippen LogP contribution is 2.31. The molecule has 3 rings (SSSR count). The first-order valence-electron chi connectivity index (χ1n) is 10.5. The van der Waals surface area contributed by atoms with E-state index < -0.39 is 12.1 Å². The number of ether oxygens (including phenoxy) is 2. The predicted molar refractivity (Wildman–Crippen MR) is 117 cm³/mol. The molecule has 164 valence electrons. The van der Waals surface area contributed by atoms with Gasteiger partial charge >= 0.3 is 5.97 Å². The average molecular weight is 424 g/mol. The molecule has 0 saturated heterocycles. The molecular weight excluding hydrogens is 396 g/mol. The Hall–Kier alpha value is -3.35. The maximum Gasteiger partial charge on any atom is 0.308 e. The van der Waals surface area contributed by atoms with Crippen molar-refractivity contribution in [2.24, 2.45) is 0 Å². The van der Waals surface area contributed by atoms with E-state index >= 15 is 0 Å². The summed E-state index contributed by atoms with van der Waals surface area (Å²) in [6.07, 6.45) is 0.723. The van der Waals surface area contributed by atoms with Crippen molar-refractivity contribution in [2.75, 3.05) is 18.1 Å². The second-order valence-electron chi connectivity index (χ2n) is 7.62. The lowest BCUT2D eigenvalue weighted by atomic mass is 10.1. The minimum atomic E-state index is -0.903. The molecule has 1 aliphatic heterocycles. The molecule has 1 aliphatic rings. The van der Waals surface area contributed by atoms with Crippen LogP contribution in [-0.4, -0.2) is 43.1 Å². The van der Waals surface area contributed by atoms with E-state index in [1.54, 1.807) is 25.1 Å². The number of carbonyl (C=O) groups is 3. The van der Waals surface area contributed by atoms with Gasteiger partial charge in [-0.3, -0.25) is 14.4 Å². The van der Waals surface area contributed by atoms with E-state index in [4.69, 9.17) is 9.47 Å². The van der Waals surface area contributed by atoms with E-state index in [0.717, 1.165) is 12.8 Å². The molecule has 0 aromatic heterocycles. The molecule has 1 N–H and O–H groups in total. The molecule has 0 saturated carbocycles. The van der Waals surface area contributed by atoms with Crippen LogP contribution in [0.4, 0.5) is 5.69 Å². The van der Waals surface area contributed by atoms with Gasteiger partial charge in [0.15, 0.2) is 12.7 Å². The summed E-state index contributed by atoms with van der Waals surface area (Å²) in [6, 6.07) is 17.2. The first-order valence-corrected chi connectivity index (χ1v) is 10.5. The number of aryl methyl sites for hydroxylation is 1. The number of fused-ring (bicyclic) bond motifs is 1. The zero-order chi connectivity index (χ0) is 22.2. The van der Waals surface area contributed by atoms with Gasteiger partial charge in [-0.1, -0.05) is 42.5 Å². The van der Waals surface area contributed by atoms with E-state index in [0.29, 0.717) is 11.4 Å².